The fourth-order valence-corrected chi connectivity index (χ4v) is 12.2. The van der Waals surface area contributed by atoms with Gasteiger partial charge in [-0.1, -0.05) is 62.4 Å². The molecule has 2 aliphatic heterocycles. The summed E-state index contributed by atoms with van der Waals surface area (Å²) in [6.45, 7) is 11.0. The average Bonchev–Trinajstić information content (AvgIpc) is 3.36. The van der Waals surface area contributed by atoms with E-state index in [0.29, 0.717) is 21.6 Å². The van der Waals surface area contributed by atoms with Gasteiger partial charge in [-0.25, -0.2) is 0 Å². The number of unbranched alkanes of at least 4 members (excludes halogenated alkanes) is 3. The highest BCUT2D eigenvalue weighted by Gasteiger charge is 2.27. The quantitative estimate of drug-likeness (QED) is 0.183. The minimum absolute atomic E-state index is 0.146. The van der Waals surface area contributed by atoms with Crippen LogP contribution in [0, 0.1) is 0 Å². The van der Waals surface area contributed by atoms with E-state index >= 15 is 0 Å². The van der Waals surface area contributed by atoms with E-state index in [-0.39, 0.29) is 10.2 Å². The molecular formula is C22H34O2S6. The second-order valence-corrected chi connectivity index (χ2v) is 15.9. The zero-order valence-corrected chi connectivity index (χ0v) is 23.0. The first-order valence-electron chi connectivity index (χ1n) is 10.5. The smallest absolute Gasteiger partial charge is 0.214 e. The lowest BCUT2D eigenvalue weighted by atomic mass is 10.1. The summed E-state index contributed by atoms with van der Waals surface area (Å²) < 4.78 is 1.44. The maximum Gasteiger partial charge on any atom is 0.214 e. The Labute approximate surface area is 208 Å². The summed E-state index contributed by atoms with van der Waals surface area (Å²) in [5.41, 5.74) is 1.32. The summed E-state index contributed by atoms with van der Waals surface area (Å²) in [6, 6.07) is 0. The molecule has 2 fully saturated rings. The van der Waals surface area contributed by atoms with Crippen LogP contribution in [-0.4, -0.2) is 52.9 Å². The molecule has 2 aliphatic rings. The third-order valence-corrected chi connectivity index (χ3v) is 14.4. The molecular weight excluding hydrogens is 489 g/mol. The van der Waals surface area contributed by atoms with Crippen LogP contribution in [-0.2, 0) is 9.59 Å². The lowest BCUT2D eigenvalue weighted by Crippen LogP contribution is -2.07. The standard InChI is InChI=1S/C22H34O2S6/c1-15(2)21(23)27-13-17-11-25-19(29-17)9-7-5-6-8-10-20-26-12-18(30-20)14-28-22(24)16(3)4/h17-20H,1,3,5-14H2,2,4H3. The van der Waals surface area contributed by atoms with Gasteiger partial charge < -0.3 is 0 Å². The van der Waals surface area contributed by atoms with Gasteiger partial charge in [-0.2, -0.15) is 0 Å². The molecule has 170 valence electrons. The zero-order valence-electron chi connectivity index (χ0n) is 18.1. The Morgan fingerprint density at radius 3 is 1.53 bits per heavy atom. The number of rotatable bonds is 13. The second-order valence-electron chi connectivity index (χ2n) is 7.79. The van der Waals surface area contributed by atoms with Crippen LogP contribution in [0.25, 0.3) is 0 Å². The van der Waals surface area contributed by atoms with Crippen molar-refractivity contribution in [2.24, 2.45) is 0 Å². The van der Waals surface area contributed by atoms with Crippen molar-refractivity contribution in [2.45, 2.75) is 72.0 Å². The summed E-state index contributed by atoms with van der Waals surface area (Å²) >= 11 is 11.2. The van der Waals surface area contributed by atoms with Crippen LogP contribution in [0.3, 0.4) is 0 Å². The van der Waals surface area contributed by atoms with E-state index in [2.05, 4.69) is 60.2 Å². The van der Waals surface area contributed by atoms with E-state index in [9.17, 15) is 9.59 Å². The van der Waals surface area contributed by atoms with Gasteiger partial charge in [-0.15, -0.1) is 47.0 Å². The minimum Gasteiger partial charge on any atom is -0.282 e. The molecule has 2 nitrogen and oxygen atoms in total. The first kappa shape index (κ1) is 27.2. The zero-order chi connectivity index (χ0) is 21.9. The molecule has 0 radical (unpaired) electrons. The van der Waals surface area contributed by atoms with E-state index in [1.54, 1.807) is 13.8 Å². The monoisotopic (exact) mass is 522 g/mol. The highest BCUT2D eigenvalue weighted by molar-refractivity contribution is 8.22. The molecule has 0 saturated carbocycles. The van der Waals surface area contributed by atoms with E-state index in [1.807, 2.05) is 0 Å². The second kappa shape index (κ2) is 14.9. The van der Waals surface area contributed by atoms with Gasteiger partial charge in [-0.3, -0.25) is 9.59 Å². The van der Waals surface area contributed by atoms with Crippen LogP contribution in [0.1, 0.15) is 52.4 Å². The van der Waals surface area contributed by atoms with Gasteiger partial charge in [0.2, 0.25) is 10.2 Å². The van der Waals surface area contributed by atoms with Crippen molar-refractivity contribution in [3.63, 3.8) is 0 Å². The lowest BCUT2D eigenvalue weighted by molar-refractivity contribution is -0.108. The van der Waals surface area contributed by atoms with Crippen molar-refractivity contribution in [3.8, 4) is 0 Å². The van der Waals surface area contributed by atoms with E-state index in [1.165, 1.54) is 73.6 Å². The Morgan fingerprint density at radius 2 is 1.17 bits per heavy atom. The number of carbonyl (C=O) groups excluding carboxylic acids is 2. The van der Waals surface area contributed by atoms with Crippen LogP contribution >= 0.6 is 70.6 Å². The van der Waals surface area contributed by atoms with Crippen LogP contribution in [0.4, 0.5) is 0 Å². The maximum atomic E-state index is 11.7. The Kier molecular flexibility index (Phi) is 13.5. The summed E-state index contributed by atoms with van der Waals surface area (Å²) in [5.74, 6) is 4.22. The molecule has 0 aliphatic carbocycles. The van der Waals surface area contributed by atoms with Gasteiger partial charge in [0.25, 0.3) is 0 Å². The third-order valence-electron chi connectivity index (χ3n) is 4.75. The molecule has 0 aromatic heterocycles. The van der Waals surface area contributed by atoms with Crippen molar-refractivity contribution >= 4 is 80.8 Å². The number of carbonyl (C=O) groups is 2. The molecule has 0 amide bonds. The molecule has 2 saturated heterocycles. The predicted molar refractivity (Wildman–Crippen MR) is 148 cm³/mol. The number of hydrogen-bond acceptors (Lipinski definition) is 8. The SMILES string of the molecule is C=C(C)C(=O)SCC1CSC(CCCCCCC2SCC(CSC(=O)C(=C)C)S2)S1. The molecule has 2 heterocycles. The Balaban J connectivity index is 1.44. The van der Waals surface area contributed by atoms with Gasteiger partial charge in [0.1, 0.15) is 0 Å². The Bertz CT molecular complexity index is 556. The average molecular weight is 523 g/mol. The van der Waals surface area contributed by atoms with Crippen molar-refractivity contribution in [2.75, 3.05) is 23.0 Å². The normalized spacial score (nSPS) is 26.1. The highest BCUT2D eigenvalue weighted by atomic mass is 32.2. The van der Waals surface area contributed by atoms with Crippen molar-refractivity contribution < 1.29 is 9.59 Å². The molecule has 4 unspecified atom stereocenters. The summed E-state index contributed by atoms with van der Waals surface area (Å²) in [5, 5.41) is 1.52. The summed E-state index contributed by atoms with van der Waals surface area (Å²) in [6.07, 6.45) is 7.91. The summed E-state index contributed by atoms with van der Waals surface area (Å²) in [4.78, 5) is 23.4. The molecule has 0 spiro atoms. The molecule has 8 heteroatoms. The first-order valence-corrected chi connectivity index (χ1v) is 16.5. The van der Waals surface area contributed by atoms with Crippen molar-refractivity contribution in [1.29, 1.82) is 0 Å². The molecule has 2 rings (SSSR count). The third kappa shape index (κ3) is 10.7. The Hall–Kier alpha value is 0.920. The molecule has 0 aromatic carbocycles. The van der Waals surface area contributed by atoms with Gasteiger partial charge in [-0.05, 0) is 37.8 Å². The van der Waals surface area contributed by atoms with E-state index in [0.717, 1.165) is 20.7 Å². The van der Waals surface area contributed by atoms with Crippen molar-refractivity contribution in [1.82, 2.24) is 0 Å². The van der Waals surface area contributed by atoms with E-state index in [4.69, 9.17) is 0 Å². The fourth-order valence-electron chi connectivity index (χ4n) is 3.05. The first-order chi connectivity index (χ1) is 14.3. The molecule has 0 aromatic rings. The van der Waals surface area contributed by atoms with Crippen LogP contribution in [0.5, 0.6) is 0 Å². The topological polar surface area (TPSA) is 34.1 Å². The van der Waals surface area contributed by atoms with Crippen LogP contribution < -0.4 is 0 Å². The van der Waals surface area contributed by atoms with Gasteiger partial charge in [0.05, 0.1) is 9.16 Å². The molecule has 4 atom stereocenters. The van der Waals surface area contributed by atoms with Gasteiger partial charge >= 0.3 is 0 Å². The lowest BCUT2D eigenvalue weighted by Gasteiger charge is -2.11. The van der Waals surface area contributed by atoms with E-state index < -0.39 is 0 Å². The largest absolute Gasteiger partial charge is 0.282 e. The molecule has 30 heavy (non-hydrogen) atoms. The fraction of sp³-hybridized carbons (Fsp3) is 0.727. The maximum absolute atomic E-state index is 11.7. The van der Waals surface area contributed by atoms with Gasteiger partial charge in [0, 0.05) is 33.5 Å². The number of hydrogen-bond donors (Lipinski definition) is 0. The minimum atomic E-state index is 0.146. The number of thioether (sulfide) groups is 6. The van der Waals surface area contributed by atoms with Crippen molar-refractivity contribution in [3.05, 3.63) is 24.3 Å². The summed E-state index contributed by atoms with van der Waals surface area (Å²) in [7, 11) is 0. The highest BCUT2D eigenvalue weighted by Crippen LogP contribution is 2.43. The van der Waals surface area contributed by atoms with Crippen LogP contribution in [0.2, 0.25) is 0 Å². The molecule has 0 bridgehead atoms. The predicted octanol–water partition coefficient (Wildman–Crippen LogP) is 7.35. The molecule has 0 N–H and O–H groups in total. The van der Waals surface area contributed by atoms with Gasteiger partial charge in [0.15, 0.2) is 0 Å². The van der Waals surface area contributed by atoms with Crippen LogP contribution in [0.15, 0.2) is 24.3 Å². The Morgan fingerprint density at radius 1 is 0.767 bits per heavy atom.